The fourth-order valence-electron chi connectivity index (χ4n) is 1.54. The van der Waals surface area contributed by atoms with Crippen LogP contribution in [0.5, 0.6) is 0 Å². The summed E-state index contributed by atoms with van der Waals surface area (Å²) in [6.07, 6.45) is 8.89. The van der Waals surface area contributed by atoms with Crippen molar-refractivity contribution >= 4 is 11.9 Å². The lowest BCUT2D eigenvalue weighted by molar-refractivity contribution is -0.112. The van der Waals surface area contributed by atoms with Crippen molar-refractivity contribution in [2.45, 2.75) is 13.5 Å². The van der Waals surface area contributed by atoms with Crippen LogP contribution in [0.15, 0.2) is 49.1 Å². The third kappa shape index (κ3) is 3.41. The summed E-state index contributed by atoms with van der Waals surface area (Å²) < 4.78 is 2.01. The summed E-state index contributed by atoms with van der Waals surface area (Å²) in [5.41, 5.74) is 2.25. The molecule has 0 aliphatic rings. The van der Waals surface area contributed by atoms with Gasteiger partial charge in [0.05, 0.1) is 6.33 Å². The molecule has 86 valence electrons. The molecule has 0 bridgehead atoms. The first-order valence-corrected chi connectivity index (χ1v) is 5.47. The Bertz CT molecular complexity index is 510. The molecule has 0 atom stereocenters. The van der Waals surface area contributed by atoms with E-state index in [0.717, 1.165) is 12.1 Å². The lowest BCUT2D eigenvalue weighted by Crippen LogP contribution is -1.95. The Labute approximate surface area is 100 Å². The molecule has 17 heavy (non-hydrogen) atoms. The van der Waals surface area contributed by atoms with E-state index in [-0.39, 0.29) is 5.78 Å². The minimum absolute atomic E-state index is 0.0625. The van der Waals surface area contributed by atoms with Gasteiger partial charge in [-0.1, -0.05) is 30.3 Å². The summed E-state index contributed by atoms with van der Waals surface area (Å²) in [7, 11) is 0. The van der Waals surface area contributed by atoms with E-state index in [1.54, 1.807) is 25.5 Å². The maximum Gasteiger partial charge on any atom is 0.152 e. The van der Waals surface area contributed by atoms with Crippen molar-refractivity contribution in [1.82, 2.24) is 9.55 Å². The lowest BCUT2D eigenvalue weighted by Gasteiger charge is -2.02. The van der Waals surface area contributed by atoms with Gasteiger partial charge in [-0.05, 0) is 24.1 Å². The van der Waals surface area contributed by atoms with Gasteiger partial charge in [-0.2, -0.15) is 0 Å². The largest absolute Gasteiger partial charge is 0.333 e. The molecular formula is C14H14N2O. The Kier molecular flexibility index (Phi) is 3.50. The van der Waals surface area contributed by atoms with Gasteiger partial charge in [0, 0.05) is 18.9 Å². The molecule has 1 aromatic carbocycles. The predicted octanol–water partition coefficient (Wildman–Crippen LogP) is 2.53. The SMILES string of the molecule is CC(=O)/C=C/c1ccc(Cn2ccnc2)cc1. The second-order valence-electron chi connectivity index (χ2n) is 3.92. The van der Waals surface area contributed by atoms with Crippen LogP contribution in [0.4, 0.5) is 0 Å². The van der Waals surface area contributed by atoms with Crippen molar-refractivity contribution in [1.29, 1.82) is 0 Å². The average molecular weight is 226 g/mol. The monoisotopic (exact) mass is 226 g/mol. The highest BCUT2D eigenvalue weighted by Crippen LogP contribution is 2.07. The molecule has 0 unspecified atom stereocenters. The number of rotatable bonds is 4. The predicted molar refractivity (Wildman–Crippen MR) is 67.5 cm³/mol. The molecule has 0 N–H and O–H groups in total. The van der Waals surface area contributed by atoms with Crippen molar-refractivity contribution in [3.63, 3.8) is 0 Å². The zero-order valence-electron chi connectivity index (χ0n) is 9.71. The molecular weight excluding hydrogens is 212 g/mol. The summed E-state index contributed by atoms with van der Waals surface area (Å²) in [6, 6.07) is 8.12. The molecule has 2 aromatic rings. The maximum absolute atomic E-state index is 10.8. The Morgan fingerprint density at radius 3 is 2.71 bits per heavy atom. The molecule has 0 fully saturated rings. The average Bonchev–Trinajstić information content (AvgIpc) is 2.81. The Hall–Kier alpha value is -2.16. The molecule has 0 amide bonds. The van der Waals surface area contributed by atoms with Gasteiger partial charge in [0.15, 0.2) is 5.78 Å². The first-order chi connectivity index (χ1) is 8.24. The molecule has 0 radical (unpaired) electrons. The van der Waals surface area contributed by atoms with Crippen LogP contribution in [-0.2, 0) is 11.3 Å². The number of carbonyl (C=O) groups is 1. The number of aromatic nitrogens is 2. The zero-order valence-corrected chi connectivity index (χ0v) is 9.71. The number of ketones is 1. The second-order valence-corrected chi connectivity index (χ2v) is 3.92. The highest BCUT2D eigenvalue weighted by atomic mass is 16.1. The van der Waals surface area contributed by atoms with Crippen LogP contribution in [0.2, 0.25) is 0 Å². The molecule has 0 saturated carbocycles. The summed E-state index contributed by atoms with van der Waals surface area (Å²) >= 11 is 0. The van der Waals surface area contributed by atoms with Gasteiger partial charge in [-0.3, -0.25) is 4.79 Å². The molecule has 0 spiro atoms. The molecule has 0 aliphatic carbocycles. The Morgan fingerprint density at radius 1 is 1.35 bits per heavy atom. The zero-order chi connectivity index (χ0) is 12.1. The quantitative estimate of drug-likeness (QED) is 0.751. The number of hydrogen-bond donors (Lipinski definition) is 0. The summed E-state index contributed by atoms with van der Waals surface area (Å²) in [6.45, 7) is 2.36. The first kappa shape index (κ1) is 11.3. The highest BCUT2D eigenvalue weighted by molar-refractivity contribution is 5.91. The van der Waals surface area contributed by atoms with Crippen LogP contribution in [0.25, 0.3) is 6.08 Å². The van der Waals surface area contributed by atoms with Crippen molar-refractivity contribution < 1.29 is 4.79 Å². The molecule has 2 rings (SSSR count). The minimum atomic E-state index is 0.0625. The number of benzene rings is 1. The number of nitrogens with zero attached hydrogens (tertiary/aromatic N) is 2. The molecule has 1 aromatic heterocycles. The number of allylic oxidation sites excluding steroid dienone is 1. The third-order valence-corrected chi connectivity index (χ3v) is 2.41. The molecule has 3 nitrogen and oxygen atoms in total. The van der Waals surface area contributed by atoms with E-state index in [1.807, 2.05) is 29.0 Å². The maximum atomic E-state index is 10.8. The fourth-order valence-corrected chi connectivity index (χ4v) is 1.54. The van der Waals surface area contributed by atoms with Gasteiger partial charge in [-0.25, -0.2) is 4.98 Å². The normalized spacial score (nSPS) is 10.9. The van der Waals surface area contributed by atoms with Crippen molar-refractivity contribution in [3.8, 4) is 0 Å². The first-order valence-electron chi connectivity index (χ1n) is 5.47. The van der Waals surface area contributed by atoms with Crippen LogP contribution in [-0.4, -0.2) is 15.3 Å². The Morgan fingerprint density at radius 2 is 2.12 bits per heavy atom. The lowest BCUT2D eigenvalue weighted by atomic mass is 10.1. The number of carbonyl (C=O) groups excluding carboxylic acids is 1. The smallest absolute Gasteiger partial charge is 0.152 e. The molecule has 1 heterocycles. The van der Waals surface area contributed by atoms with E-state index in [1.165, 1.54) is 5.56 Å². The second kappa shape index (κ2) is 5.25. The van der Waals surface area contributed by atoms with Crippen molar-refractivity contribution in [2.75, 3.05) is 0 Å². The Balaban J connectivity index is 2.05. The third-order valence-electron chi connectivity index (χ3n) is 2.41. The van der Waals surface area contributed by atoms with Crippen LogP contribution < -0.4 is 0 Å². The summed E-state index contributed by atoms with van der Waals surface area (Å²) in [5.74, 6) is 0.0625. The highest BCUT2D eigenvalue weighted by Gasteiger charge is 1.94. The van der Waals surface area contributed by atoms with Crippen molar-refractivity contribution in [2.24, 2.45) is 0 Å². The number of hydrogen-bond acceptors (Lipinski definition) is 2. The molecule has 0 aliphatic heterocycles. The number of imidazole rings is 1. The van der Waals surface area contributed by atoms with E-state index in [0.29, 0.717) is 0 Å². The standard InChI is InChI=1S/C14H14N2O/c1-12(17)2-3-13-4-6-14(7-5-13)10-16-9-8-15-11-16/h2-9,11H,10H2,1H3/b3-2+. The van der Waals surface area contributed by atoms with Gasteiger partial charge in [0.1, 0.15) is 0 Å². The van der Waals surface area contributed by atoms with Gasteiger partial charge in [-0.15, -0.1) is 0 Å². The van der Waals surface area contributed by atoms with E-state index < -0.39 is 0 Å². The van der Waals surface area contributed by atoms with Crippen LogP contribution in [0.3, 0.4) is 0 Å². The van der Waals surface area contributed by atoms with E-state index in [2.05, 4.69) is 17.1 Å². The van der Waals surface area contributed by atoms with Crippen LogP contribution >= 0.6 is 0 Å². The topological polar surface area (TPSA) is 34.9 Å². The van der Waals surface area contributed by atoms with Gasteiger partial charge in [0.25, 0.3) is 0 Å². The van der Waals surface area contributed by atoms with E-state index in [9.17, 15) is 4.79 Å². The fraction of sp³-hybridized carbons (Fsp3) is 0.143. The minimum Gasteiger partial charge on any atom is -0.333 e. The summed E-state index contributed by atoms with van der Waals surface area (Å²) in [4.78, 5) is 14.8. The van der Waals surface area contributed by atoms with E-state index in [4.69, 9.17) is 0 Å². The molecule has 3 heteroatoms. The van der Waals surface area contributed by atoms with Gasteiger partial charge in [0.2, 0.25) is 0 Å². The van der Waals surface area contributed by atoms with Gasteiger partial charge >= 0.3 is 0 Å². The van der Waals surface area contributed by atoms with E-state index >= 15 is 0 Å². The molecule has 0 saturated heterocycles. The van der Waals surface area contributed by atoms with Crippen LogP contribution in [0.1, 0.15) is 18.1 Å². The van der Waals surface area contributed by atoms with Crippen LogP contribution in [0, 0.1) is 0 Å². The summed E-state index contributed by atoms with van der Waals surface area (Å²) in [5, 5.41) is 0. The van der Waals surface area contributed by atoms with Gasteiger partial charge < -0.3 is 4.57 Å². The van der Waals surface area contributed by atoms with Crippen molar-refractivity contribution in [3.05, 3.63) is 60.2 Å².